The van der Waals surface area contributed by atoms with Gasteiger partial charge < -0.3 is 10.6 Å². The van der Waals surface area contributed by atoms with Crippen LogP contribution < -0.4 is 10.6 Å². The van der Waals surface area contributed by atoms with Crippen LogP contribution in [-0.2, 0) is 0 Å². The van der Waals surface area contributed by atoms with Gasteiger partial charge in [-0.25, -0.2) is 0 Å². The standard InChI is InChI=1S/C14H16N6/c15-8-10-3-5-11(6-4-10)13-17-14(19-18-13)20-7-1-2-12(16)9-20/h3-6,12H,1-2,7,9,16H2,(H,17,18,19). The molecule has 2 aromatic rings. The number of aromatic amines is 1. The number of nitrogens with zero attached hydrogens (tertiary/aromatic N) is 4. The first kappa shape index (κ1) is 12.6. The summed E-state index contributed by atoms with van der Waals surface area (Å²) in [7, 11) is 0. The highest BCUT2D eigenvalue weighted by atomic mass is 15.4. The number of piperidine rings is 1. The number of nitriles is 1. The summed E-state index contributed by atoms with van der Waals surface area (Å²) in [6, 6.07) is 9.57. The van der Waals surface area contributed by atoms with Crippen molar-refractivity contribution in [1.82, 2.24) is 15.2 Å². The van der Waals surface area contributed by atoms with Crippen LogP contribution in [0.3, 0.4) is 0 Å². The molecule has 2 heterocycles. The van der Waals surface area contributed by atoms with E-state index in [4.69, 9.17) is 11.0 Å². The van der Waals surface area contributed by atoms with Gasteiger partial charge in [-0.15, -0.1) is 5.10 Å². The van der Waals surface area contributed by atoms with Gasteiger partial charge in [0.15, 0.2) is 5.82 Å². The lowest BCUT2D eigenvalue weighted by molar-refractivity contribution is 0.500. The molecule has 3 rings (SSSR count). The van der Waals surface area contributed by atoms with Crippen molar-refractivity contribution in [1.29, 1.82) is 5.26 Å². The predicted molar refractivity (Wildman–Crippen MR) is 76.0 cm³/mol. The topological polar surface area (TPSA) is 94.6 Å². The molecule has 20 heavy (non-hydrogen) atoms. The van der Waals surface area contributed by atoms with E-state index in [0.29, 0.717) is 17.3 Å². The Morgan fingerprint density at radius 3 is 2.85 bits per heavy atom. The molecule has 0 radical (unpaired) electrons. The Labute approximate surface area is 117 Å². The lowest BCUT2D eigenvalue weighted by atomic mass is 10.1. The number of anilines is 1. The quantitative estimate of drug-likeness (QED) is 0.855. The van der Waals surface area contributed by atoms with Gasteiger partial charge in [0.1, 0.15) is 0 Å². The third-order valence-corrected chi connectivity index (χ3v) is 3.50. The number of rotatable bonds is 2. The van der Waals surface area contributed by atoms with Crippen molar-refractivity contribution in [2.75, 3.05) is 18.0 Å². The van der Waals surface area contributed by atoms with E-state index in [9.17, 15) is 0 Å². The average Bonchev–Trinajstić information content (AvgIpc) is 2.97. The molecule has 102 valence electrons. The second-order valence-electron chi connectivity index (χ2n) is 5.02. The molecule has 1 aliphatic heterocycles. The molecule has 6 heteroatoms. The van der Waals surface area contributed by atoms with Gasteiger partial charge in [-0.1, -0.05) is 0 Å². The van der Waals surface area contributed by atoms with Crippen molar-refractivity contribution in [3.8, 4) is 17.5 Å². The highest BCUT2D eigenvalue weighted by Gasteiger charge is 2.20. The Kier molecular flexibility index (Phi) is 3.35. The number of aromatic nitrogens is 3. The van der Waals surface area contributed by atoms with E-state index < -0.39 is 0 Å². The molecule has 0 amide bonds. The van der Waals surface area contributed by atoms with E-state index in [-0.39, 0.29) is 6.04 Å². The second kappa shape index (κ2) is 5.31. The zero-order chi connectivity index (χ0) is 13.9. The molecule has 1 fully saturated rings. The molecule has 3 N–H and O–H groups in total. The third-order valence-electron chi connectivity index (χ3n) is 3.50. The van der Waals surface area contributed by atoms with Crippen LogP contribution in [-0.4, -0.2) is 34.3 Å². The summed E-state index contributed by atoms with van der Waals surface area (Å²) in [6.07, 6.45) is 2.13. The maximum Gasteiger partial charge on any atom is 0.245 e. The van der Waals surface area contributed by atoms with Crippen LogP contribution in [0.5, 0.6) is 0 Å². The van der Waals surface area contributed by atoms with Gasteiger partial charge in [0.05, 0.1) is 11.6 Å². The monoisotopic (exact) mass is 268 g/mol. The van der Waals surface area contributed by atoms with Gasteiger partial charge in [0.2, 0.25) is 5.95 Å². The van der Waals surface area contributed by atoms with Crippen molar-refractivity contribution in [2.45, 2.75) is 18.9 Å². The number of hydrogen-bond donors (Lipinski definition) is 2. The van der Waals surface area contributed by atoms with Crippen molar-refractivity contribution >= 4 is 5.95 Å². The first-order valence-electron chi connectivity index (χ1n) is 6.70. The van der Waals surface area contributed by atoms with Crippen LogP contribution >= 0.6 is 0 Å². The van der Waals surface area contributed by atoms with Gasteiger partial charge in [-0.2, -0.15) is 10.2 Å². The fraction of sp³-hybridized carbons (Fsp3) is 0.357. The Morgan fingerprint density at radius 2 is 2.15 bits per heavy atom. The molecule has 1 aromatic heterocycles. The highest BCUT2D eigenvalue weighted by Crippen LogP contribution is 2.20. The smallest absolute Gasteiger partial charge is 0.245 e. The van der Waals surface area contributed by atoms with E-state index in [1.807, 2.05) is 12.1 Å². The molecule has 6 nitrogen and oxygen atoms in total. The van der Waals surface area contributed by atoms with Gasteiger partial charge in [0, 0.05) is 24.7 Å². The van der Waals surface area contributed by atoms with Crippen LogP contribution in [0.25, 0.3) is 11.4 Å². The van der Waals surface area contributed by atoms with Crippen molar-refractivity contribution in [2.24, 2.45) is 5.73 Å². The number of nitrogens with one attached hydrogen (secondary N) is 1. The fourth-order valence-electron chi connectivity index (χ4n) is 2.42. The molecule has 0 bridgehead atoms. The largest absolute Gasteiger partial charge is 0.338 e. The van der Waals surface area contributed by atoms with Crippen LogP contribution in [0.15, 0.2) is 24.3 Å². The number of benzene rings is 1. The minimum absolute atomic E-state index is 0.195. The molecular weight excluding hydrogens is 252 g/mol. The summed E-state index contributed by atoms with van der Waals surface area (Å²) in [4.78, 5) is 6.62. The van der Waals surface area contributed by atoms with Gasteiger partial charge in [-0.3, -0.25) is 5.10 Å². The summed E-state index contributed by atoms with van der Waals surface area (Å²) >= 11 is 0. The lowest BCUT2D eigenvalue weighted by Crippen LogP contribution is -2.43. The Hall–Kier alpha value is -2.39. The van der Waals surface area contributed by atoms with E-state index in [2.05, 4.69) is 26.2 Å². The number of H-pyrrole nitrogens is 1. The van der Waals surface area contributed by atoms with E-state index >= 15 is 0 Å². The Balaban J connectivity index is 1.80. The van der Waals surface area contributed by atoms with E-state index in [0.717, 1.165) is 31.5 Å². The summed E-state index contributed by atoms with van der Waals surface area (Å²) < 4.78 is 0. The third kappa shape index (κ3) is 2.49. The van der Waals surface area contributed by atoms with Crippen molar-refractivity contribution in [3.05, 3.63) is 29.8 Å². The number of nitrogens with two attached hydrogens (primary N) is 1. The van der Waals surface area contributed by atoms with Crippen LogP contribution in [0.4, 0.5) is 5.95 Å². The predicted octanol–water partition coefficient (Wildman–Crippen LogP) is 1.27. The molecule has 0 saturated carbocycles. The molecule has 0 aliphatic carbocycles. The van der Waals surface area contributed by atoms with Gasteiger partial charge in [-0.05, 0) is 37.1 Å². The van der Waals surface area contributed by atoms with E-state index in [1.54, 1.807) is 12.1 Å². The molecule has 1 atom stereocenters. The lowest BCUT2D eigenvalue weighted by Gasteiger charge is -2.29. The second-order valence-corrected chi connectivity index (χ2v) is 5.02. The molecule has 0 spiro atoms. The molecular formula is C14H16N6. The first-order chi connectivity index (χ1) is 9.76. The molecule has 1 saturated heterocycles. The normalized spacial score (nSPS) is 18.8. The number of hydrogen-bond acceptors (Lipinski definition) is 5. The zero-order valence-corrected chi connectivity index (χ0v) is 11.1. The SMILES string of the molecule is N#Cc1ccc(-c2nc(N3CCCC(N)C3)n[nH]2)cc1. The zero-order valence-electron chi connectivity index (χ0n) is 11.1. The van der Waals surface area contributed by atoms with Crippen LogP contribution in [0.1, 0.15) is 18.4 Å². The van der Waals surface area contributed by atoms with E-state index in [1.165, 1.54) is 0 Å². The minimum Gasteiger partial charge on any atom is -0.338 e. The fourth-order valence-corrected chi connectivity index (χ4v) is 2.42. The van der Waals surface area contributed by atoms with Crippen LogP contribution in [0.2, 0.25) is 0 Å². The Bertz CT molecular complexity index is 624. The molecule has 1 unspecified atom stereocenters. The van der Waals surface area contributed by atoms with Gasteiger partial charge in [0.25, 0.3) is 0 Å². The maximum absolute atomic E-state index is 8.79. The molecule has 1 aromatic carbocycles. The summed E-state index contributed by atoms with van der Waals surface area (Å²) in [5.41, 5.74) is 7.53. The Morgan fingerprint density at radius 1 is 1.35 bits per heavy atom. The average molecular weight is 268 g/mol. The highest BCUT2D eigenvalue weighted by molar-refractivity contribution is 5.57. The van der Waals surface area contributed by atoms with Crippen LogP contribution in [0, 0.1) is 11.3 Å². The van der Waals surface area contributed by atoms with Gasteiger partial charge >= 0.3 is 0 Å². The summed E-state index contributed by atoms with van der Waals surface area (Å²) in [5, 5.41) is 16.0. The van der Waals surface area contributed by atoms with Crippen molar-refractivity contribution in [3.63, 3.8) is 0 Å². The maximum atomic E-state index is 8.79. The molecule has 1 aliphatic rings. The van der Waals surface area contributed by atoms with Crippen molar-refractivity contribution < 1.29 is 0 Å². The minimum atomic E-state index is 0.195. The first-order valence-corrected chi connectivity index (χ1v) is 6.70. The summed E-state index contributed by atoms with van der Waals surface area (Å²) in [6.45, 7) is 1.74. The summed E-state index contributed by atoms with van der Waals surface area (Å²) in [5.74, 6) is 1.41.